The van der Waals surface area contributed by atoms with Gasteiger partial charge in [-0.1, -0.05) is 49.4 Å². The van der Waals surface area contributed by atoms with Gasteiger partial charge in [0.05, 0.1) is 18.1 Å². The van der Waals surface area contributed by atoms with E-state index in [1.54, 1.807) is 0 Å². The largest absolute Gasteiger partial charge is 0.462 e. The molecule has 1 aromatic carbocycles. The summed E-state index contributed by atoms with van der Waals surface area (Å²) < 4.78 is 12.1. The summed E-state index contributed by atoms with van der Waals surface area (Å²) >= 11 is 0. The number of carbonyl (C=O) groups is 1. The number of piperazine rings is 1. The van der Waals surface area contributed by atoms with E-state index in [4.69, 9.17) is 9.47 Å². The van der Waals surface area contributed by atoms with Crippen molar-refractivity contribution in [2.45, 2.75) is 50.7 Å². The van der Waals surface area contributed by atoms with Gasteiger partial charge in [0.25, 0.3) is 0 Å². The van der Waals surface area contributed by atoms with Gasteiger partial charge in [0.1, 0.15) is 6.10 Å². The number of epoxide rings is 1. The fourth-order valence-electron chi connectivity index (χ4n) is 7.50. The van der Waals surface area contributed by atoms with Crippen molar-refractivity contribution in [2.75, 3.05) is 45.9 Å². The van der Waals surface area contributed by atoms with Crippen LogP contribution in [0.4, 0.5) is 0 Å². The van der Waals surface area contributed by atoms with Gasteiger partial charge in [-0.2, -0.15) is 0 Å². The number of carbonyl (C=O) groups excluding carboxylic acids is 1. The Labute approximate surface area is 198 Å². The molecule has 6 rings (SSSR count). The molecule has 6 atom stereocenters. The lowest BCUT2D eigenvalue weighted by atomic mass is 9.53. The Hall–Kier alpha value is -1.69. The maximum atomic E-state index is 12.9. The fraction of sp³-hybridized carbons (Fsp3) is 0.679. The normalized spacial score (nSPS) is 41.2. The monoisotopic (exact) mass is 450 g/mol. The first-order chi connectivity index (χ1) is 16.0. The van der Waals surface area contributed by atoms with Gasteiger partial charge in [0.15, 0.2) is 0 Å². The summed E-state index contributed by atoms with van der Waals surface area (Å²) in [5, 5.41) is 0. The Bertz CT molecular complexity index is 890. The minimum absolute atomic E-state index is 0.0433. The number of rotatable bonds is 5. The van der Waals surface area contributed by atoms with E-state index in [-0.39, 0.29) is 29.0 Å². The third-order valence-electron chi connectivity index (χ3n) is 9.47. The van der Waals surface area contributed by atoms with Crippen LogP contribution in [0, 0.1) is 23.2 Å². The van der Waals surface area contributed by atoms with Crippen molar-refractivity contribution in [3.05, 3.63) is 42.0 Å². The molecule has 2 aliphatic carbocycles. The molecular formula is C28H38N2O3. The number of hydrogen-bond acceptors (Lipinski definition) is 5. The second-order valence-corrected chi connectivity index (χ2v) is 11.5. The maximum absolute atomic E-state index is 12.9. The Morgan fingerprint density at radius 2 is 1.85 bits per heavy atom. The molecule has 5 nitrogen and oxygen atoms in total. The van der Waals surface area contributed by atoms with Crippen LogP contribution in [0.5, 0.6) is 0 Å². The summed E-state index contributed by atoms with van der Waals surface area (Å²) in [7, 11) is 0. The van der Waals surface area contributed by atoms with E-state index >= 15 is 0 Å². The molecule has 0 aromatic heterocycles. The third-order valence-corrected chi connectivity index (χ3v) is 9.47. The Balaban J connectivity index is 1.04. The highest BCUT2D eigenvalue weighted by Crippen LogP contribution is 2.62. The smallest absolute Gasteiger partial charge is 0.310 e. The lowest BCUT2D eigenvalue weighted by molar-refractivity contribution is -0.147. The zero-order valence-electron chi connectivity index (χ0n) is 20.0. The summed E-state index contributed by atoms with van der Waals surface area (Å²) in [6.45, 7) is 9.42. The summed E-state index contributed by atoms with van der Waals surface area (Å²) in [4.78, 5) is 18.0. The molecule has 3 heterocycles. The van der Waals surface area contributed by atoms with Crippen LogP contribution >= 0.6 is 0 Å². The molecule has 5 aliphatic rings. The highest BCUT2D eigenvalue weighted by Gasteiger charge is 2.65. The first-order valence-electron chi connectivity index (χ1n) is 13.1. The van der Waals surface area contributed by atoms with Crippen LogP contribution in [-0.4, -0.2) is 73.3 Å². The van der Waals surface area contributed by atoms with E-state index in [0.29, 0.717) is 11.8 Å². The number of hydrogen-bond donors (Lipinski definition) is 0. The van der Waals surface area contributed by atoms with Crippen LogP contribution in [0.15, 0.2) is 36.4 Å². The average molecular weight is 451 g/mol. The van der Waals surface area contributed by atoms with Gasteiger partial charge in [-0.25, -0.2) is 0 Å². The van der Waals surface area contributed by atoms with Crippen molar-refractivity contribution in [1.29, 1.82) is 0 Å². The van der Waals surface area contributed by atoms with Crippen molar-refractivity contribution >= 4 is 12.0 Å². The van der Waals surface area contributed by atoms with Crippen LogP contribution in [0.1, 0.15) is 44.6 Å². The topological polar surface area (TPSA) is 45.3 Å². The van der Waals surface area contributed by atoms with Gasteiger partial charge >= 0.3 is 5.97 Å². The average Bonchev–Trinajstić information content (AvgIpc) is 3.52. The fourth-order valence-corrected chi connectivity index (χ4v) is 7.50. The molecule has 1 aromatic rings. The van der Waals surface area contributed by atoms with Crippen LogP contribution in [0.25, 0.3) is 6.08 Å². The van der Waals surface area contributed by atoms with E-state index in [2.05, 4.69) is 59.2 Å². The van der Waals surface area contributed by atoms with Gasteiger partial charge in [-0.05, 0) is 49.0 Å². The van der Waals surface area contributed by atoms with E-state index in [1.807, 2.05) is 0 Å². The summed E-state index contributed by atoms with van der Waals surface area (Å²) in [5.74, 6) is 1.08. The summed E-state index contributed by atoms with van der Waals surface area (Å²) in [6.07, 6.45) is 10.5. The van der Waals surface area contributed by atoms with Gasteiger partial charge in [0, 0.05) is 45.2 Å². The molecule has 5 fully saturated rings. The predicted molar refractivity (Wildman–Crippen MR) is 129 cm³/mol. The van der Waals surface area contributed by atoms with E-state index < -0.39 is 0 Å². The molecule has 5 heteroatoms. The predicted octanol–water partition coefficient (Wildman–Crippen LogP) is 3.84. The van der Waals surface area contributed by atoms with Crippen LogP contribution in [0.2, 0.25) is 0 Å². The van der Waals surface area contributed by atoms with Crippen LogP contribution in [0.3, 0.4) is 0 Å². The lowest BCUT2D eigenvalue weighted by Crippen LogP contribution is -2.52. The highest BCUT2D eigenvalue weighted by molar-refractivity contribution is 5.75. The first kappa shape index (κ1) is 21.8. The van der Waals surface area contributed by atoms with Crippen molar-refractivity contribution in [1.82, 2.24) is 9.80 Å². The zero-order valence-corrected chi connectivity index (χ0v) is 20.0. The van der Waals surface area contributed by atoms with Gasteiger partial charge in [-0.3, -0.25) is 14.6 Å². The first-order valence-corrected chi connectivity index (χ1v) is 13.1. The minimum atomic E-state index is 0.0433. The van der Waals surface area contributed by atoms with Crippen molar-refractivity contribution in [3.63, 3.8) is 0 Å². The van der Waals surface area contributed by atoms with Crippen LogP contribution < -0.4 is 0 Å². The molecular weight excluding hydrogens is 412 g/mol. The molecule has 0 amide bonds. The van der Waals surface area contributed by atoms with E-state index in [1.165, 1.54) is 24.8 Å². The van der Waals surface area contributed by atoms with Crippen molar-refractivity contribution in [3.8, 4) is 0 Å². The molecule has 0 radical (unpaired) electrons. The van der Waals surface area contributed by atoms with E-state index in [9.17, 15) is 4.79 Å². The summed E-state index contributed by atoms with van der Waals surface area (Å²) in [5.41, 5.74) is 1.67. The number of esters is 1. The molecule has 1 spiro atoms. The molecule has 0 N–H and O–H groups in total. The number of nitrogens with zero attached hydrogens (tertiary/aromatic N) is 2. The molecule has 33 heavy (non-hydrogen) atoms. The second-order valence-electron chi connectivity index (χ2n) is 11.5. The number of fused-ring (bicyclic) bond motifs is 3. The molecule has 178 valence electrons. The van der Waals surface area contributed by atoms with Crippen LogP contribution in [-0.2, 0) is 14.3 Å². The second kappa shape index (κ2) is 8.51. The number of benzene rings is 1. The van der Waals surface area contributed by atoms with Crippen molar-refractivity contribution in [2.24, 2.45) is 23.2 Å². The SMILES string of the molecule is C[C@]12CCC[C@]3(CO3)[C@H]1C[C@@H]1[C@@H](C2)OC(=O)[C@@H]1CN1CCN(CC=Cc2ccccc2)CC1. The quantitative estimate of drug-likeness (QED) is 0.504. The molecule has 0 bridgehead atoms. The Morgan fingerprint density at radius 1 is 1.09 bits per heavy atom. The molecule has 3 aliphatic heterocycles. The minimum Gasteiger partial charge on any atom is -0.462 e. The maximum Gasteiger partial charge on any atom is 0.310 e. The molecule has 3 saturated heterocycles. The standard InChI is InChI=1S/C28H38N2O3/c1-27-10-6-11-28(20-32-28)25(27)17-22-23(26(31)33-24(22)18-27)19-30-15-13-29(14-16-30)12-5-9-21-7-3-2-4-8-21/h2-5,7-9,22-25H,6,10-20H2,1H3/t22-,23+,24+,25-,27+,28-/m0/s1. The third kappa shape index (κ3) is 4.17. The van der Waals surface area contributed by atoms with Gasteiger partial charge in [0.2, 0.25) is 0 Å². The van der Waals surface area contributed by atoms with E-state index in [0.717, 1.165) is 58.7 Å². The molecule has 0 unspecified atom stereocenters. The molecule has 2 saturated carbocycles. The Morgan fingerprint density at radius 3 is 2.61 bits per heavy atom. The van der Waals surface area contributed by atoms with Gasteiger partial charge < -0.3 is 9.47 Å². The summed E-state index contributed by atoms with van der Waals surface area (Å²) in [6, 6.07) is 10.5. The van der Waals surface area contributed by atoms with Crippen molar-refractivity contribution < 1.29 is 14.3 Å². The zero-order chi connectivity index (χ0) is 22.5. The lowest BCUT2D eigenvalue weighted by Gasteiger charge is -2.51. The Kier molecular flexibility index (Phi) is 5.63. The highest BCUT2D eigenvalue weighted by atomic mass is 16.6. The van der Waals surface area contributed by atoms with Gasteiger partial charge in [-0.15, -0.1) is 0 Å². The number of ether oxygens (including phenoxy) is 2.